The topological polar surface area (TPSA) is 73.6 Å². The fourth-order valence-electron chi connectivity index (χ4n) is 4.93. The molecule has 0 saturated heterocycles. The van der Waals surface area contributed by atoms with Gasteiger partial charge in [-0.2, -0.15) is 0 Å². The standard InChI is InChI=1S/C21H19ClF4N2O4/c22-14-2-1-11(3-15(14)23)18-27-6-16(31-18)19-8-20(9-19,10-19)28-17(29)7-30-12-4-13(5-12)32-21(24,25)26/h1-3,6,12-13H,4-5,7-10H2,(H,28,29)/t12-,13+,19?,20?. The van der Waals surface area contributed by atoms with Crippen LogP contribution in [0.2, 0.25) is 5.02 Å². The third-order valence-electron chi connectivity index (χ3n) is 6.43. The van der Waals surface area contributed by atoms with Crippen LogP contribution < -0.4 is 5.32 Å². The summed E-state index contributed by atoms with van der Waals surface area (Å²) in [4.78, 5) is 16.4. The Morgan fingerprint density at radius 3 is 2.62 bits per heavy atom. The van der Waals surface area contributed by atoms with Gasteiger partial charge < -0.3 is 14.5 Å². The minimum absolute atomic E-state index is 0.0216. The minimum Gasteiger partial charge on any atom is -0.441 e. The molecule has 4 saturated carbocycles. The zero-order chi connectivity index (χ0) is 22.7. The maximum Gasteiger partial charge on any atom is 0.522 e. The first-order valence-corrected chi connectivity index (χ1v) is 10.5. The van der Waals surface area contributed by atoms with Gasteiger partial charge in [0.2, 0.25) is 11.8 Å². The molecule has 6 rings (SSSR count). The second kappa shape index (κ2) is 7.43. The van der Waals surface area contributed by atoms with Crippen molar-refractivity contribution < 1.29 is 36.2 Å². The van der Waals surface area contributed by atoms with Gasteiger partial charge in [0.1, 0.15) is 18.2 Å². The van der Waals surface area contributed by atoms with E-state index in [4.69, 9.17) is 20.8 Å². The van der Waals surface area contributed by atoms with Crippen molar-refractivity contribution in [3.8, 4) is 11.5 Å². The Hall–Kier alpha value is -2.17. The van der Waals surface area contributed by atoms with E-state index in [1.807, 2.05) is 0 Å². The Morgan fingerprint density at radius 2 is 1.97 bits per heavy atom. The number of hydrogen-bond acceptors (Lipinski definition) is 5. The summed E-state index contributed by atoms with van der Waals surface area (Å²) in [7, 11) is 0. The van der Waals surface area contributed by atoms with Crippen molar-refractivity contribution in [1.29, 1.82) is 0 Å². The molecule has 0 radical (unpaired) electrons. The van der Waals surface area contributed by atoms with Gasteiger partial charge in [0.05, 0.1) is 23.4 Å². The Balaban J connectivity index is 1.08. The Bertz CT molecular complexity index is 1030. The average molecular weight is 475 g/mol. The number of rotatable bonds is 7. The second-order valence-electron chi connectivity index (χ2n) is 8.89. The Kier molecular flexibility index (Phi) is 5.03. The highest BCUT2D eigenvalue weighted by Crippen LogP contribution is 2.68. The number of oxazole rings is 1. The van der Waals surface area contributed by atoms with Crippen LogP contribution in [0.5, 0.6) is 0 Å². The number of nitrogens with zero attached hydrogens (tertiary/aromatic N) is 1. The van der Waals surface area contributed by atoms with Gasteiger partial charge in [0.15, 0.2) is 0 Å². The number of carbonyl (C=O) groups excluding carboxylic acids is 1. The number of hydrogen-bond donors (Lipinski definition) is 1. The highest BCUT2D eigenvalue weighted by Gasteiger charge is 2.70. The number of nitrogens with one attached hydrogen (secondary N) is 1. The number of carbonyl (C=O) groups is 1. The Morgan fingerprint density at radius 1 is 1.25 bits per heavy atom. The predicted molar refractivity (Wildman–Crippen MR) is 103 cm³/mol. The van der Waals surface area contributed by atoms with Crippen LogP contribution in [0.3, 0.4) is 0 Å². The van der Waals surface area contributed by atoms with Gasteiger partial charge in [-0.15, -0.1) is 13.2 Å². The van der Waals surface area contributed by atoms with Crippen LogP contribution in [0.4, 0.5) is 17.6 Å². The zero-order valence-electron chi connectivity index (χ0n) is 16.7. The van der Waals surface area contributed by atoms with E-state index < -0.39 is 24.4 Å². The van der Waals surface area contributed by atoms with Gasteiger partial charge >= 0.3 is 6.36 Å². The van der Waals surface area contributed by atoms with Crippen molar-refractivity contribution in [2.45, 2.75) is 61.6 Å². The number of ether oxygens (including phenoxy) is 2. The fourth-order valence-corrected chi connectivity index (χ4v) is 5.05. The molecule has 4 aliphatic carbocycles. The molecular formula is C21H19ClF4N2O4. The maximum absolute atomic E-state index is 13.7. The SMILES string of the molecule is O=C(CO[C@H]1C[C@@H](OC(F)(F)F)C1)NC12CC(c3cnc(-c4ccc(Cl)c(F)c4)o3)(C1)C2. The van der Waals surface area contributed by atoms with Crippen LogP contribution in [0.25, 0.3) is 11.5 Å². The summed E-state index contributed by atoms with van der Waals surface area (Å²) in [5.74, 6) is 0.150. The molecule has 32 heavy (non-hydrogen) atoms. The molecule has 0 atom stereocenters. The average Bonchev–Trinajstić information content (AvgIpc) is 3.10. The normalized spacial score (nSPS) is 30.8. The number of benzene rings is 1. The van der Waals surface area contributed by atoms with Crippen LogP contribution in [-0.4, -0.2) is 41.6 Å². The van der Waals surface area contributed by atoms with Crippen LogP contribution in [0, 0.1) is 5.82 Å². The highest BCUT2D eigenvalue weighted by atomic mass is 35.5. The third-order valence-corrected chi connectivity index (χ3v) is 6.74. The summed E-state index contributed by atoms with van der Waals surface area (Å²) in [5, 5.41) is 2.98. The number of halogens is 5. The van der Waals surface area contributed by atoms with Crippen molar-refractivity contribution >= 4 is 17.5 Å². The van der Waals surface area contributed by atoms with E-state index in [-0.39, 0.29) is 41.3 Å². The van der Waals surface area contributed by atoms with E-state index in [9.17, 15) is 22.4 Å². The smallest absolute Gasteiger partial charge is 0.441 e. The lowest BCUT2D eigenvalue weighted by molar-refractivity contribution is -0.357. The van der Waals surface area contributed by atoms with E-state index in [0.717, 1.165) is 0 Å². The van der Waals surface area contributed by atoms with E-state index >= 15 is 0 Å². The fraction of sp³-hybridized carbons (Fsp3) is 0.524. The van der Waals surface area contributed by atoms with E-state index in [0.29, 0.717) is 36.5 Å². The van der Waals surface area contributed by atoms with Gasteiger partial charge in [-0.05, 0) is 37.5 Å². The van der Waals surface area contributed by atoms with Crippen molar-refractivity contribution in [3.05, 3.63) is 41.0 Å². The number of amides is 1. The van der Waals surface area contributed by atoms with Gasteiger partial charge in [-0.25, -0.2) is 9.37 Å². The molecule has 2 bridgehead atoms. The summed E-state index contributed by atoms with van der Waals surface area (Å²) in [6.07, 6.45) is -2.01. The van der Waals surface area contributed by atoms with E-state index in [1.54, 1.807) is 12.3 Å². The summed E-state index contributed by atoms with van der Waals surface area (Å²) in [6, 6.07) is 4.34. The molecule has 2 aromatic rings. The number of aromatic nitrogens is 1. The monoisotopic (exact) mass is 474 g/mol. The molecule has 1 amide bonds. The summed E-state index contributed by atoms with van der Waals surface area (Å²) >= 11 is 5.71. The van der Waals surface area contributed by atoms with Crippen LogP contribution in [0.15, 0.2) is 28.8 Å². The Labute approximate surface area is 185 Å². The summed E-state index contributed by atoms with van der Waals surface area (Å²) in [6.45, 7) is -0.202. The van der Waals surface area contributed by atoms with Gasteiger partial charge in [0, 0.05) is 29.4 Å². The lowest BCUT2D eigenvalue weighted by Crippen LogP contribution is -2.76. The molecule has 4 fully saturated rings. The van der Waals surface area contributed by atoms with E-state index in [1.165, 1.54) is 12.1 Å². The summed E-state index contributed by atoms with van der Waals surface area (Å²) < 4.78 is 65.2. The molecule has 0 unspecified atom stereocenters. The van der Waals surface area contributed by atoms with Gasteiger partial charge in [0.25, 0.3) is 0 Å². The minimum atomic E-state index is -4.65. The molecule has 0 aliphatic heterocycles. The molecule has 1 aromatic heterocycles. The number of alkyl halides is 3. The van der Waals surface area contributed by atoms with Crippen LogP contribution in [0.1, 0.15) is 37.9 Å². The van der Waals surface area contributed by atoms with Crippen LogP contribution in [-0.2, 0) is 19.7 Å². The van der Waals surface area contributed by atoms with Crippen molar-refractivity contribution in [2.24, 2.45) is 0 Å². The molecule has 172 valence electrons. The first-order valence-electron chi connectivity index (χ1n) is 10.1. The lowest BCUT2D eigenvalue weighted by atomic mass is 9.38. The van der Waals surface area contributed by atoms with Crippen molar-refractivity contribution in [3.63, 3.8) is 0 Å². The predicted octanol–water partition coefficient (Wildman–Crippen LogP) is 4.51. The molecule has 1 N–H and O–H groups in total. The van der Waals surface area contributed by atoms with Crippen LogP contribution >= 0.6 is 11.6 Å². The lowest BCUT2D eigenvalue weighted by Gasteiger charge is -2.69. The third kappa shape index (κ3) is 3.99. The largest absolute Gasteiger partial charge is 0.522 e. The van der Waals surface area contributed by atoms with E-state index in [2.05, 4.69) is 15.0 Å². The molecule has 6 nitrogen and oxygen atoms in total. The molecule has 11 heteroatoms. The first-order chi connectivity index (χ1) is 15.0. The molecule has 4 aliphatic rings. The molecule has 1 aromatic carbocycles. The second-order valence-corrected chi connectivity index (χ2v) is 9.29. The summed E-state index contributed by atoms with van der Waals surface area (Å²) in [5.41, 5.74) is -0.0225. The maximum atomic E-state index is 13.7. The van der Waals surface area contributed by atoms with Crippen molar-refractivity contribution in [2.75, 3.05) is 6.61 Å². The molecular weight excluding hydrogens is 456 g/mol. The molecule has 1 heterocycles. The van der Waals surface area contributed by atoms with Gasteiger partial charge in [-0.1, -0.05) is 11.6 Å². The first kappa shape index (κ1) is 21.7. The quantitative estimate of drug-likeness (QED) is 0.598. The zero-order valence-corrected chi connectivity index (χ0v) is 17.4. The van der Waals surface area contributed by atoms with Gasteiger partial charge in [-0.3, -0.25) is 9.53 Å². The highest BCUT2D eigenvalue weighted by molar-refractivity contribution is 6.30. The molecule has 0 spiro atoms. The van der Waals surface area contributed by atoms with Crippen molar-refractivity contribution in [1.82, 2.24) is 10.3 Å².